The molecule has 1 amide bonds. The van der Waals surface area contributed by atoms with Crippen LogP contribution in [-0.2, 0) is 9.53 Å². The van der Waals surface area contributed by atoms with Crippen LogP contribution in [0.1, 0.15) is 10.4 Å². The molecule has 164 valence electrons. The number of carbonyl (C=O) groups excluding carboxylic acids is 2. The zero-order valence-electron chi connectivity index (χ0n) is 16.8. The number of carbonyl (C=O) groups is 2. The molecule has 1 heterocycles. The van der Waals surface area contributed by atoms with Crippen molar-refractivity contribution < 1.29 is 37.0 Å². The van der Waals surface area contributed by atoms with Crippen LogP contribution in [0.3, 0.4) is 0 Å². The molecule has 4 rings (SSSR count). The molecule has 1 aromatic heterocycles. The number of benzene rings is 3. The number of para-hydroxylation sites is 1. The third-order valence-corrected chi connectivity index (χ3v) is 4.60. The van der Waals surface area contributed by atoms with Gasteiger partial charge in [0.25, 0.3) is 5.91 Å². The molecule has 7 nitrogen and oxygen atoms in total. The number of ether oxygens (including phenoxy) is 3. The van der Waals surface area contributed by atoms with Crippen molar-refractivity contribution in [2.45, 2.75) is 6.61 Å². The largest absolute Gasteiger partial charge is 0.495 e. The summed E-state index contributed by atoms with van der Waals surface area (Å²) in [6, 6.07) is 16.0. The molecule has 0 saturated carbocycles. The molecular weight excluding hydrogens is 424 g/mol. The lowest BCUT2D eigenvalue weighted by molar-refractivity contribution is -0.119. The molecule has 32 heavy (non-hydrogen) atoms. The van der Waals surface area contributed by atoms with Crippen molar-refractivity contribution in [2.75, 3.05) is 19.0 Å². The van der Waals surface area contributed by atoms with Gasteiger partial charge in [0, 0.05) is 16.8 Å². The Morgan fingerprint density at radius 3 is 2.59 bits per heavy atom. The van der Waals surface area contributed by atoms with Gasteiger partial charge in [-0.1, -0.05) is 24.3 Å². The standard InChI is InChI=1S/C23H17F2NO6/c1-29-20-10-16-15-7-2-3-8-18(15)32-19(16)11-17(20)26-21(27)12-30-22(28)13-5-4-6-14(9-13)31-23(24)25/h2-11,23H,12H2,1H3,(H,26,27). The number of esters is 1. The molecule has 0 aliphatic rings. The summed E-state index contributed by atoms with van der Waals surface area (Å²) in [6.07, 6.45) is 0. The van der Waals surface area contributed by atoms with E-state index in [1.807, 2.05) is 24.3 Å². The Balaban J connectivity index is 1.46. The summed E-state index contributed by atoms with van der Waals surface area (Å²) in [7, 11) is 1.47. The van der Waals surface area contributed by atoms with Crippen LogP contribution in [0.25, 0.3) is 21.9 Å². The molecule has 0 bridgehead atoms. The van der Waals surface area contributed by atoms with Gasteiger partial charge in [-0.15, -0.1) is 0 Å². The van der Waals surface area contributed by atoms with Gasteiger partial charge in [0.15, 0.2) is 6.61 Å². The van der Waals surface area contributed by atoms with Crippen molar-refractivity contribution in [1.29, 1.82) is 0 Å². The molecule has 0 aliphatic heterocycles. The fourth-order valence-electron chi connectivity index (χ4n) is 3.22. The number of amides is 1. The Morgan fingerprint density at radius 2 is 1.81 bits per heavy atom. The average molecular weight is 441 g/mol. The second-order valence-corrected chi connectivity index (χ2v) is 6.68. The monoisotopic (exact) mass is 441 g/mol. The lowest BCUT2D eigenvalue weighted by atomic mass is 10.1. The molecule has 3 aromatic carbocycles. The van der Waals surface area contributed by atoms with E-state index in [0.717, 1.165) is 16.8 Å². The fraction of sp³-hybridized carbons (Fsp3) is 0.130. The quantitative estimate of drug-likeness (QED) is 0.407. The van der Waals surface area contributed by atoms with Crippen LogP contribution >= 0.6 is 0 Å². The normalized spacial score (nSPS) is 11.0. The zero-order valence-corrected chi connectivity index (χ0v) is 16.8. The van der Waals surface area contributed by atoms with Gasteiger partial charge < -0.3 is 23.9 Å². The van der Waals surface area contributed by atoms with Gasteiger partial charge in [0.1, 0.15) is 22.7 Å². The molecule has 0 spiro atoms. The molecule has 1 N–H and O–H groups in total. The first-order chi connectivity index (χ1) is 15.4. The van der Waals surface area contributed by atoms with Gasteiger partial charge in [0.2, 0.25) is 0 Å². The van der Waals surface area contributed by atoms with E-state index < -0.39 is 25.1 Å². The van der Waals surface area contributed by atoms with Crippen LogP contribution in [0.5, 0.6) is 11.5 Å². The number of halogens is 2. The number of fused-ring (bicyclic) bond motifs is 3. The highest BCUT2D eigenvalue weighted by atomic mass is 19.3. The minimum atomic E-state index is -3.02. The van der Waals surface area contributed by atoms with Crippen molar-refractivity contribution in [3.8, 4) is 11.5 Å². The highest BCUT2D eigenvalue weighted by molar-refractivity contribution is 6.08. The lowest BCUT2D eigenvalue weighted by Gasteiger charge is -2.11. The molecule has 0 aliphatic carbocycles. The van der Waals surface area contributed by atoms with E-state index in [1.165, 1.54) is 25.3 Å². The molecule has 0 saturated heterocycles. The molecule has 0 unspecified atom stereocenters. The van der Waals surface area contributed by atoms with Gasteiger partial charge in [-0.25, -0.2) is 4.79 Å². The molecule has 0 radical (unpaired) electrons. The predicted molar refractivity (Wildman–Crippen MR) is 112 cm³/mol. The molecule has 4 aromatic rings. The van der Waals surface area contributed by atoms with E-state index in [0.29, 0.717) is 22.6 Å². The van der Waals surface area contributed by atoms with E-state index in [-0.39, 0.29) is 11.3 Å². The van der Waals surface area contributed by atoms with E-state index in [1.54, 1.807) is 12.1 Å². The number of hydrogen-bond donors (Lipinski definition) is 1. The number of rotatable bonds is 7. The van der Waals surface area contributed by atoms with Gasteiger partial charge in [0.05, 0.1) is 18.4 Å². The van der Waals surface area contributed by atoms with E-state index in [4.69, 9.17) is 13.9 Å². The first-order valence-electron chi connectivity index (χ1n) is 9.45. The number of methoxy groups -OCH3 is 1. The van der Waals surface area contributed by atoms with Crippen molar-refractivity contribution in [2.24, 2.45) is 0 Å². The Morgan fingerprint density at radius 1 is 1.00 bits per heavy atom. The maximum atomic E-state index is 12.3. The summed E-state index contributed by atoms with van der Waals surface area (Å²) < 4.78 is 45.1. The molecule has 9 heteroatoms. The number of hydrogen-bond acceptors (Lipinski definition) is 6. The Kier molecular flexibility index (Phi) is 5.89. The van der Waals surface area contributed by atoms with E-state index >= 15 is 0 Å². The Labute approximate surface area is 180 Å². The topological polar surface area (TPSA) is 87.0 Å². The highest BCUT2D eigenvalue weighted by Crippen LogP contribution is 2.36. The number of nitrogens with one attached hydrogen (secondary N) is 1. The van der Waals surface area contributed by atoms with E-state index in [9.17, 15) is 18.4 Å². The summed E-state index contributed by atoms with van der Waals surface area (Å²) >= 11 is 0. The predicted octanol–water partition coefficient (Wildman–Crippen LogP) is 4.99. The highest BCUT2D eigenvalue weighted by Gasteiger charge is 2.16. The first-order valence-corrected chi connectivity index (χ1v) is 9.45. The summed E-state index contributed by atoms with van der Waals surface area (Å²) in [5.41, 5.74) is 1.56. The maximum Gasteiger partial charge on any atom is 0.387 e. The van der Waals surface area contributed by atoms with Crippen LogP contribution in [0, 0.1) is 0 Å². The maximum absolute atomic E-state index is 12.3. The number of furan rings is 1. The number of anilines is 1. The summed E-state index contributed by atoms with van der Waals surface area (Å²) in [6.45, 7) is -3.62. The minimum Gasteiger partial charge on any atom is -0.495 e. The second-order valence-electron chi connectivity index (χ2n) is 6.68. The lowest BCUT2D eigenvalue weighted by Crippen LogP contribution is -2.21. The average Bonchev–Trinajstić information content (AvgIpc) is 3.14. The first kappa shape index (κ1) is 21.1. The van der Waals surface area contributed by atoms with Crippen LogP contribution in [-0.4, -0.2) is 32.2 Å². The summed E-state index contributed by atoms with van der Waals surface area (Å²) in [5.74, 6) is -1.27. The third-order valence-electron chi connectivity index (χ3n) is 4.60. The van der Waals surface area contributed by atoms with E-state index in [2.05, 4.69) is 10.1 Å². The van der Waals surface area contributed by atoms with Crippen molar-refractivity contribution in [3.63, 3.8) is 0 Å². The van der Waals surface area contributed by atoms with Crippen LogP contribution in [0.4, 0.5) is 14.5 Å². The Hall–Kier alpha value is -4.14. The van der Waals surface area contributed by atoms with Crippen LogP contribution in [0.15, 0.2) is 65.1 Å². The fourth-order valence-corrected chi connectivity index (χ4v) is 3.22. The van der Waals surface area contributed by atoms with Crippen LogP contribution in [0.2, 0.25) is 0 Å². The van der Waals surface area contributed by atoms with Gasteiger partial charge in [-0.3, -0.25) is 4.79 Å². The molecule has 0 fully saturated rings. The van der Waals surface area contributed by atoms with Gasteiger partial charge in [-0.2, -0.15) is 8.78 Å². The zero-order chi connectivity index (χ0) is 22.7. The molecule has 0 atom stereocenters. The van der Waals surface area contributed by atoms with Crippen molar-refractivity contribution in [1.82, 2.24) is 0 Å². The summed E-state index contributed by atoms with van der Waals surface area (Å²) in [5, 5.41) is 4.35. The van der Waals surface area contributed by atoms with Crippen molar-refractivity contribution in [3.05, 3.63) is 66.2 Å². The van der Waals surface area contributed by atoms with Crippen LogP contribution < -0.4 is 14.8 Å². The van der Waals surface area contributed by atoms with Gasteiger partial charge >= 0.3 is 12.6 Å². The number of alkyl halides is 2. The van der Waals surface area contributed by atoms with Crippen molar-refractivity contribution >= 4 is 39.5 Å². The molecular formula is C23H17F2NO6. The third kappa shape index (κ3) is 4.46. The smallest absolute Gasteiger partial charge is 0.387 e. The Bertz CT molecular complexity index is 1300. The van der Waals surface area contributed by atoms with Gasteiger partial charge in [-0.05, 0) is 30.3 Å². The summed E-state index contributed by atoms with van der Waals surface area (Å²) in [4.78, 5) is 24.5. The second kappa shape index (κ2) is 8.93. The minimum absolute atomic E-state index is 0.0303. The SMILES string of the molecule is COc1cc2c(cc1NC(=O)COC(=O)c1cccc(OC(F)F)c1)oc1ccccc12.